The first-order valence-electron chi connectivity index (χ1n) is 6.98. The summed E-state index contributed by atoms with van der Waals surface area (Å²) < 4.78 is 5.07. The van der Waals surface area contributed by atoms with E-state index in [1.807, 2.05) is 0 Å². The highest BCUT2D eigenvalue weighted by Gasteiger charge is 2.17. The van der Waals surface area contributed by atoms with E-state index in [9.17, 15) is 4.79 Å². The van der Waals surface area contributed by atoms with Crippen LogP contribution in [0.1, 0.15) is 45.6 Å². The molecular formula is C16H20N2O2S. The number of esters is 1. The topological polar surface area (TPSA) is 51.2 Å². The molecule has 0 spiro atoms. The van der Waals surface area contributed by atoms with Crippen LogP contribution in [0.15, 0.2) is 24.4 Å². The number of thiophene rings is 1. The second kappa shape index (κ2) is 6.72. The minimum Gasteiger partial charge on any atom is -0.462 e. The predicted octanol–water partition coefficient (Wildman–Crippen LogP) is 4.11. The van der Waals surface area contributed by atoms with Crippen LogP contribution in [0.5, 0.6) is 0 Å². The molecule has 0 bridgehead atoms. The number of hydrogen-bond acceptors (Lipinski definition) is 5. The number of anilines is 1. The van der Waals surface area contributed by atoms with E-state index in [2.05, 4.69) is 37.1 Å². The third-order valence-corrected chi connectivity index (χ3v) is 4.18. The highest BCUT2D eigenvalue weighted by Crippen LogP contribution is 2.29. The van der Waals surface area contributed by atoms with Crippen molar-refractivity contribution in [2.75, 3.05) is 11.9 Å². The SMILES string of the molecule is CCOC(=O)c1cccnc1NC(C)c1cc(C)sc1C. The summed E-state index contributed by atoms with van der Waals surface area (Å²) in [5, 5.41) is 3.31. The monoisotopic (exact) mass is 304 g/mol. The molecule has 1 atom stereocenters. The first-order chi connectivity index (χ1) is 10.0. The third kappa shape index (κ3) is 3.61. The summed E-state index contributed by atoms with van der Waals surface area (Å²) in [6.45, 7) is 8.42. The zero-order chi connectivity index (χ0) is 15.4. The predicted molar refractivity (Wildman–Crippen MR) is 86.0 cm³/mol. The number of hydrogen-bond donors (Lipinski definition) is 1. The molecule has 5 heteroatoms. The molecule has 1 N–H and O–H groups in total. The molecule has 0 amide bonds. The second-order valence-electron chi connectivity index (χ2n) is 4.85. The third-order valence-electron chi connectivity index (χ3n) is 3.20. The lowest BCUT2D eigenvalue weighted by Gasteiger charge is -2.16. The summed E-state index contributed by atoms with van der Waals surface area (Å²) in [4.78, 5) is 18.8. The Morgan fingerprint density at radius 1 is 1.48 bits per heavy atom. The van der Waals surface area contributed by atoms with E-state index in [0.29, 0.717) is 18.0 Å². The molecule has 0 aromatic carbocycles. The Morgan fingerprint density at radius 2 is 2.24 bits per heavy atom. The quantitative estimate of drug-likeness (QED) is 0.845. The molecule has 4 nitrogen and oxygen atoms in total. The number of aryl methyl sites for hydroxylation is 2. The number of rotatable bonds is 5. The molecule has 2 aromatic heterocycles. The molecule has 0 aliphatic carbocycles. The molecule has 2 rings (SSSR count). The maximum Gasteiger partial charge on any atom is 0.341 e. The summed E-state index contributed by atoms with van der Waals surface area (Å²) in [6, 6.07) is 5.72. The van der Waals surface area contributed by atoms with E-state index in [1.165, 1.54) is 15.3 Å². The van der Waals surface area contributed by atoms with E-state index in [0.717, 1.165) is 0 Å². The lowest BCUT2D eigenvalue weighted by atomic mass is 10.1. The van der Waals surface area contributed by atoms with Crippen molar-refractivity contribution in [3.05, 3.63) is 45.3 Å². The van der Waals surface area contributed by atoms with Gasteiger partial charge in [0.2, 0.25) is 0 Å². The van der Waals surface area contributed by atoms with Crippen molar-refractivity contribution in [1.82, 2.24) is 4.98 Å². The van der Waals surface area contributed by atoms with Gasteiger partial charge in [0.25, 0.3) is 0 Å². The van der Waals surface area contributed by atoms with Crippen molar-refractivity contribution in [2.24, 2.45) is 0 Å². The maximum absolute atomic E-state index is 12.0. The van der Waals surface area contributed by atoms with Gasteiger partial charge in [-0.25, -0.2) is 9.78 Å². The number of aromatic nitrogens is 1. The van der Waals surface area contributed by atoms with Crippen molar-refractivity contribution in [2.45, 2.75) is 33.7 Å². The zero-order valence-electron chi connectivity index (χ0n) is 12.8. The molecule has 0 fully saturated rings. The number of ether oxygens (including phenoxy) is 1. The molecule has 2 aromatic rings. The summed E-state index contributed by atoms with van der Waals surface area (Å²) in [5.74, 6) is 0.213. The van der Waals surface area contributed by atoms with Crippen LogP contribution in [0.2, 0.25) is 0 Å². The number of nitrogens with one attached hydrogen (secondary N) is 1. The number of carbonyl (C=O) groups excluding carboxylic acids is 1. The van der Waals surface area contributed by atoms with Crippen LogP contribution in [0, 0.1) is 13.8 Å². The molecule has 0 saturated heterocycles. The lowest BCUT2D eigenvalue weighted by Crippen LogP contribution is -2.14. The average molecular weight is 304 g/mol. The van der Waals surface area contributed by atoms with Crippen LogP contribution >= 0.6 is 11.3 Å². The van der Waals surface area contributed by atoms with Crippen LogP contribution in [-0.4, -0.2) is 17.6 Å². The van der Waals surface area contributed by atoms with E-state index >= 15 is 0 Å². The minimum atomic E-state index is -0.349. The van der Waals surface area contributed by atoms with Crippen molar-refractivity contribution in [1.29, 1.82) is 0 Å². The Kier molecular flexibility index (Phi) is 4.96. The Hall–Kier alpha value is -1.88. The molecular weight excluding hydrogens is 284 g/mol. The molecule has 112 valence electrons. The van der Waals surface area contributed by atoms with Gasteiger partial charge in [-0.05, 0) is 51.5 Å². The van der Waals surface area contributed by atoms with Gasteiger partial charge in [0.05, 0.1) is 12.6 Å². The summed E-state index contributed by atoms with van der Waals surface area (Å²) in [5.41, 5.74) is 1.70. The van der Waals surface area contributed by atoms with Gasteiger partial charge in [0.15, 0.2) is 0 Å². The van der Waals surface area contributed by atoms with E-state index in [1.54, 1.807) is 36.6 Å². The number of carbonyl (C=O) groups is 1. The zero-order valence-corrected chi connectivity index (χ0v) is 13.6. The highest BCUT2D eigenvalue weighted by atomic mass is 32.1. The second-order valence-corrected chi connectivity index (χ2v) is 6.32. The van der Waals surface area contributed by atoms with Crippen molar-refractivity contribution in [3.8, 4) is 0 Å². The van der Waals surface area contributed by atoms with Crippen LogP contribution in [0.3, 0.4) is 0 Å². The largest absolute Gasteiger partial charge is 0.462 e. The molecule has 0 radical (unpaired) electrons. The van der Waals surface area contributed by atoms with Crippen molar-refractivity contribution < 1.29 is 9.53 Å². The first kappa shape index (κ1) is 15.5. The molecule has 0 aliphatic rings. The van der Waals surface area contributed by atoms with E-state index in [4.69, 9.17) is 4.74 Å². The molecule has 0 aliphatic heterocycles. The van der Waals surface area contributed by atoms with Gasteiger partial charge in [-0.3, -0.25) is 0 Å². The standard InChI is InChI=1S/C16H20N2O2S/c1-5-20-16(19)13-7-6-8-17-15(13)18-11(3)14-9-10(2)21-12(14)4/h6-9,11H,5H2,1-4H3,(H,17,18). The van der Waals surface area contributed by atoms with E-state index in [-0.39, 0.29) is 12.0 Å². The van der Waals surface area contributed by atoms with E-state index < -0.39 is 0 Å². The Balaban J connectivity index is 2.23. The summed E-state index contributed by atoms with van der Waals surface area (Å²) in [6.07, 6.45) is 1.67. The Bertz CT molecular complexity index is 637. The number of nitrogens with zero attached hydrogens (tertiary/aromatic N) is 1. The fourth-order valence-electron chi connectivity index (χ4n) is 2.26. The Morgan fingerprint density at radius 3 is 2.86 bits per heavy atom. The fraction of sp³-hybridized carbons (Fsp3) is 0.375. The van der Waals surface area contributed by atoms with Gasteiger partial charge < -0.3 is 10.1 Å². The summed E-state index contributed by atoms with van der Waals surface area (Å²) >= 11 is 1.77. The number of pyridine rings is 1. The normalized spacial score (nSPS) is 12.0. The molecule has 0 saturated carbocycles. The molecule has 21 heavy (non-hydrogen) atoms. The lowest BCUT2D eigenvalue weighted by molar-refractivity contribution is 0.0527. The van der Waals surface area contributed by atoms with Crippen LogP contribution in [-0.2, 0) is 4.74 Å². The Labute approximate surface area is 129 Å². The van der Waals surface area contributed by atoms with Crippen LogP contribution in [0.25, 0.3) is 0 Å². The maximum atomic E-state index is 12.0. The van der Waals surface area contributed by atoms with Crippen LogP contribution < -0.4 is 5.32 Å². The van der Waals surface area contributed by atoms with Crippen molar-refractivity contribution in [3.63, 3.8) is 0 Å². The van der Waals surface area contributed by atoms with Gasteiger partial charge >= 0.3 is 5.97 Å². The minimum absolute atomic E-state index is 0.0815. The first-order valence-corrected chi connectivity index (χ1v) is 7.80. The fourth-order valence-corrected chi connectivity index (χ4v) is 3.28. The van der Waals surface area contributed by atoms with Crippen LogP contribution in [0.4, 0.5) is 5.82 Å². The highest BCUT2D eigenvalue weighted by molar-refractivity contribution is 7.12. The van der Waals surface area contributed by atoms with Gasteiger partial charge in [-0.1, -0.05) is 0 Å². The van der Waals surface area contributed by atoms with Gasteiger partial charge in [0.1, 0.15) is 11.4 Å². The van der Waals surface area contributed by atoms with Crippen molar-refractivity contribution >= 4 is 23.1 Å². The summed E-state index contributed by atoms with van der Waals surface area (Å²) in [7, 11) is 0. The molecule has 1 unspecified atom stereocenters. The molecule has 2 heterocycles. The average Bonchev–Trinajstić information content (AvgIpc) is 2.78. The smallest absolute Gasteiger partial charge is 0.341 e. The van der Waals surface area contributed by atoms with Gasteiger partial charge in [-0.15, -0.1) is 11.3 Å². The van der Waals surface area contributed by atoms with Gasteiger partial charge in [-0.2, -0.15) is 0 Å². The van der Waals surface area contributed by atoms with Gasteiger partial charge in [0, 0.05) is 16.0 Å².